The Morgan fingerprint density at radius 2 is 1.62 bits per heavy atom. The molecule has 1 aliphatic carbocycles. The molecule has 3 rings (SSSR count). The minimum atomic E-state index is -5.32. The first-order valence-corrected chi connectivity index (χ1v) is 10.3. The van der Waals surface area contributed by atoms with Crippen molar-refractivity contribution in [3.63, 3.8) is 0 Å². The first-order chi connectivity index (χ1) is 16.0. The number of carbonyl (C=O) groups is 4. The van der Waals surface area contributed by atoms with E-state index in [1.54, 1.807) is 0 Å². The number of ketones is 2. The standard InChI is InChI=1S/C23H21F3N2O6/c1-3-6-16(34-21(31)11(2)27)28-14-9-10-15(33-22(32)23(24,25)26)18-17(14)19(29)12-7-4-5-8-13(12)20(18)30/h4-5,7-11,16,28H,3,6,27H2,1-2H3/t11-,16?/m0/s1. The van der Waals surface area contributed by atoms with E-state index in [1.807, 2.05) is 6.92 Å². The van der Waals surface area contributed by atoms with Gasteiger partial charge in [0, 0.05) is 23.2 Å². The lowest BCUT2D eigenvalue weighted by atomic mass is 9.82. The van der Waals surface area contributed by atoms with Gasteiger partial charge in [-0.15, -0.1) is 0 Å². The van der Waals surface area contributed by atoms with Gasteiger partial charge in [0.2, 0.25) is 0 Å². The van der Waals surface area contributed by atoms with E-state index < -0.39 is 53.3 Å². The van der Waals surface area contributed by atoms with Crippen LogP contribution < -0.4 is 15.8 Å². The quantitative estimate of drug-likeness (QED) is 0.301. The van der Waals surface area contributed by atoms with Gasteiger partial charge in [-0.2, -0.15) is 13.2 Å². The minimum absolute atomic E-state index is 0.0191. The van der Waals surface area contributed by atoms with Crippen LogP contribution in [-0.4, -0.2) is 42.0 Å². The molecular formula is C23H21F3N2O6. The molecule has 0 amide bonds. The summed E-state index contributed by atoms with van der Waals surface area (Å²) in [5.74, 6) is -5.44. The first kappa shape index (κ1) is 24.9. The van der Waals surface area contributed by atoms with E-state index in [9.17, 15) is 32.3 Å². The van der Waals surface area contributed by atoms with Crippen molar-refractivity contribution in [1.82, 2.24) is 0 Å². The van der Waals surface area contributed by atoms with Crippen LogP contribution in [0.2, 0.25) is 0 Å². The Morgan fingerprint density at radius 3 is 2.15 bits per heavy atom. The lowest BCUT2D eigenvalue weighted by Gasteiger charge is -2.26. The zero-order valence-corrected chi connectivity index (χ0v) is 18.2. The molecule has 0 fully saturated rings. The molecule has 2 atom stereocenters. The number of rotatable bonds is 7. The van der Waals surface area contributed by atoms with Gasteiger partial charge in [-0.25, -0.2) is 4.79 Å². The first-order valence-electron chi connectivity index (χ1n) is 10.3. The summed E-state index contributed by atoms with van der Waals surface area (Å²) in [5, 5.41) is 2.85. The average molecular weight is 478 g/mol. The van der Waals surface area contributed by atoms with Crippen LogP contribution in [0, 0.1) is 0 Å². The third kappa shape index (κ3) is 4.93. The Bertz CT molecular complexity index is 1160. The number of alkyl halides is 3. The van der Waals surface area contributed by atoms with Crippen LogP contribution in [0.25, 0.3) is 0 Å². The fourth-order valence-corrected chi connectivity index (χ4v) is 3.40. The van der Waals surface area contributed by atoms with Crippen LogP contribution in [0.15, 0.2) is 36.4 Å². The Morgan fingerprint density at radius 1 is 1.03 bits per heavy atom. The van der Waals surface area contributed by atoms with Crippen LogP contribution in [-0.2, 0) is 14.3 Å². The second kappa shape index (κ2) is 9.64. The highest BCUT2D eigenvalue weighted by Gasteiger charge is 2.43. The van der Waals surface area contributed by atoms with Crippen molar-refractivity contribution in [3.05, 3.63) is 58.7 Å². The number of nitrogens with one attached hydrogen (secondary N) is 1. The second-order valence-electron chi connectivity index (χ2n) is 7.60. The molecule has 8 nitrogen and oxygen atoms in total. The van der Waals surface area contributed by atoms with Crippen LogP contribution in [0.1, 0.15) is 58.5 Å². The summed E-state index contributed by atoms with van der Waals surface area (Å²) >= 11 is 0. The largest absolute Gasteiger partial charge is 0.491 e. The number of carbonyl (C=O) groups excluding carboxylic acids is 4. The van der Waals surface area contributed by atoms with Crippen molar-refractivity contribution in [1.29, 1.82) is 0 Å². The maximum absolute atomic E-state index is 13.3. The van der Waals surface area contributed by atoms with Crippen LogP contribution in [0.4, 0.5) is 18.9 Å². The summed E-state index contributed by atoms with van der Waals surface area (Å²) in [5.41, 5.74) is 4.74. The second-order valence-corrected chi connectivity index (χ2v) is 7.60. The van der Waals surface area contributed by atoms with Crippen molar-refractivity contribution >= 4 is 29.2 Å². The molecule has 0 aromatic heterocycles. The van der Waals surface area contributed by atoms with Gasteiger partial charge < -0.3 is 20.5 Å². The molecule has 0 bridgehead atoms. The normalized spacial score (nSPS) is 14.5. The van der Waals surface area contributed by atoms with E-state index in [4.69, 9.17) is 10.5 Å². The third-order valence-electron chi connectivity index (χ3n) is 4.97. The summed E-state index contributed by atoms with van der Waals surface area (Å²) in [7, 11) is 0. The fourth-order valence-electron chi connectivity index (χ4n) is 3.40. The van der Waals surface area contributed by atoms with E-state index in [-0.39, 0.29) is 22.4 Å². The average Bonchev–Trinajstić information content (AvgIpc) is 2.77. The predicted octanol–water partition coefficient (Wildman–Crippen LogP) is 3.36. The predicted molar refractivity (Wildman–Crippen MR) is 113 cm³/mol. The Kier molecular flexibility index (Phi) is 7.06. The number of hydrogen-bond donors (Lipinski definition) is 2. The summed E-state index contributed by atoms with van der Waals surface area (Å²) < 4.78 is 48.2. The maximum atomic E-state index is 13.3. The van der Waals surface area contributed by atoms with Gasteiger partial charge in [-0.1, -0.05) is 37.6 Å². The molecule has 0 saturated heterocycles. The Hall–Kier alpha value is -3.73. The molecule has 34 heavy (non-hydrogen) atoms. The highest BCUT2D eigenvalue weighted by atomic mass is 19.4. The van der Waals surface area contributed by atoms with Crippen molar-refractivity contribution in [2.75, 3.05) is 5.32 Å². The number of hydrogen-bond acceptors (Lipinski definition) is 8. The zero-order valence-electron chi connectivity index (χ0n) is 18.2. The molecule has 180 valence electrons. The highest BCUT2D eigenvalue weighted by Crippen LogP contribution is 2.38. The Labute approximate surface area is 192 Å². The molecule has 0 heterocycles. The van der Waals surface area contributed by atoms with E-state index in [0.717, 1.165) is 6.07 Å². The molecule has 0 radical (unpaired) electrons. The number of halogens is 3. The maximum Gasteiger partial charge on any atom is 0.491 e. The summed E-state index contributed by atoms with van der Waals surface area (Å²) in [6.07, 6.45) is -5.40. The smallest absolute Gasteiger partial charge is 0.441 e. The fraction of sp³-hybridized carbons (Fsp3) is 0.304. The van der Waals surface area contributed by atoms with Gasteiger partial charge in [-0.05, 0) is 19.1 Å². The molecule has 1 aliphatic rings. The lowest BCUT2D eigenvalue weighted by molar-refractivity contribution is -0.189. The van der Waals surface area contributed by atoms with Gasteiger partial charge >= 0.3 is 18.1 Å². The van der Waals surface area contributed by atoms with Gasteiger partial charge in [0.15, 0.2) is 17.8 Å². The van der Waals surface area contributed by atoms with E-state index >= 15 is 0 Å². The van der Waals surface area contributed by atoms with Crippen molar-refractivity contribution in [3.8, 4) is 5.75 Å². The summed E-state index contributed by atoms with van der Waals surface area (Å²) in [4.78, 5) is 49.9. The highest BCUT2D eigenvalue weighted by molar-refractivity contribution is 6.31. The Balaban J connectivity index is 2.12. The molecular weight excluding hydrogens is 457 g/mol. The van der Waals surface area contributed by atoms with Crippen molar-refractivity contribution < 1.29 is 41.8 Å². The number of esters is 2. The van der Waals surface area contributed by atoms with Crippen molar-refractivity contribution in [2.24, 2.45) is 5.73 Å². The molecule has 3 N–H and O–H groups in total. The summed E-state index contributed by atoms with van der Waals surface area (Å²) in [6, 6.07) is 6.99. The number of ether oxygens (including phenoxy) is 2. The molecule has 0 aliphatic heterocycles. The topological polar surface area (TPSA) is 125 Å². The van der Waals surface area contributed by atoms with Crippen LogP contribution in [0.5, 0.6) is 5.75 Å². The molecule has 1 unspecified atom stereocenters. The zero-order chi connectivity index (χ0) is 25.2. The lowest BCUT2D eigenvalue weighted by Crippen LogP contribution is -2.36. The van der Waals surface area contributed by atoms with Gasteiger partial charge in [0.05, 0.1) is 11.1 Å². The molecule has 11 heteroatoms. The number of anilines is 1. The monoisotopic (exact) mass is 478 g/mol. The van der Waals surface area contributed by atoms with Gasteiger partial charge in [-0.3, -0.25) is 14.4 Å². The molecule has 0 saturated carbocycles. The third-order valence-corrected chi connectivity index (χ3v) is 4.97. The molecule has 2 aromatic carbocycles. The van der Waals surface area contributed by atoms with Crippen molar-refractivity contribution in [2.45, 2.75) is 45.1 Å². The van der Waals surface area contributed by atoms with E-state index in [1.165, 1.54) is 37.3 Å². The van der Waals surface area contributed by atoms with Crippen LogP contribution in [0.3, 0.4) is 0 Å². The van der Waals surface area contributed by atoms with Gasteiger partial charge in [0.1, 0.15) is 11.8 Å². The van der Waals surface area contributed by atoms with E-state index in [0.29, 0.717) is 12.8 Å². The number of benzene rings is 2. The summed E-state index contributed by atoms with van der Waals surface area (Å²) in [6.45, 7) is 3.24. The molecule has 0 spiro atoms. The number of nitrogens with two attached hydrogens (primary N) is 1. The SMILES string of the molecule is CCCC(Nc1ccc(OC(=O)C(F)(F)F)c2c1C(=O)c1ccccc1C2=O)OC(=O)[C@H](C)N. The number of fused-ring (bicyclic) bond motifs is 2. The van der Waals surface area contributed by atoms with E-state index in [2.05, 4.69) is 10.1 Å². The molecule has 2 aromatic rings. The van der Waals surface area contributed by atoms with Gasteiger partial charge in [0.25, 0.3) is 0 Å². The van der Waals surface area contributed by atoms with Crippen LogP contribution >= 0.6 is 0 Å². The minimum Gasteiger partial charge on any atom is -0.441 e.